The highest BCUT2D eigenvalue weighted by Crippen LogP contribution is 2.27. The number of hydrogen-bond donors (Lipinski definition) is 1. The molecule has 1 N–H and O–H groups in total. The smallest absolute Gasteiger partial charge is 0.151 e. The van der Waals surface area contributed by atoms with Crippen LogP contribution in [-0.4, -0.2) is 30.2 Å². The van der Waals surface area contributed by atoms with E-state index in [1.54, 1.807) is 0 Å². The average molecular weight is 251 g/mol. The molecule has 2 rings (SSSR count). The predicted molar refractivity (Wildman–Crippen MR) is 72.2 cm³/mol. The summed E-state index contributed by atoms with van der Waals surface area (Å²) in [5.41, 5.74) is 0.984. The molecule has 0 aliphatic heterocycles. The van der Waals surface area contributed by atoms with Gasteiger partial charge in [0.2, 0.25) is 0 Å². The fourth-order valence-corrected chi connectivity index (χ4v) is 2.75. The molecular weight excluding hydrogens is 226 g/mol. The molecule has 1 heterocycles. The average Bonchev–Trinajstić information content (AvgIpc) is 2.78. The van der Waals surface area contributed by atoms with Crippen molar-refractivity contribution >= 4 is 0 Å². The molecule has 0 aromatic carbocycles. The van der Waals surface area contributed by atoms with Gasteiger partial charge in [0.1, 0.15) is 0 Å². The highest BCUT2D eigenvalue weighted by Gasteiger charge is 2.22. The van der Waals surface area contributed by atoms with Crippen LogP contribution in [0.4, 0.5) is 0 Å². The lowest BCUT2D eigenvalue weighted by atomic mass is 9.87. The zero-order valence-corrected chi connectivity index (χ0v) is 11.8. The predicted octanol–water partition coefficient (Wildman–Crippen LogP) is 2.40. The minimum Gasteiger partial charge on any atom is -0.360 e. The largest absolute Gasteiger partial charge is 0.360 e. The van der Waals surface area contributed by atoms with E-state index in [1.165, 1.54) is 25.7 Å². The van der Waals surface area contributed by atoms with Gasteiger partial charge in [-0.3, -0.25) is 4.90 Å². The van der Waals surface area contributed by atoms with Gasteiger partial charge in [0.25, 0.3) is 0 Å². The van der Waals surface area contributed by atoms with E-state index in [2.05, 4.69) is 35.4 Å². The van der Waals surface area contributed by atoms with E-state index in [0.29, 0.717) is 6.04 Å². The molecule has 0 radical (unpaired) electrons. The Labute approximate surface area is 110 Å². The molecule has 4 heteroatoms. The number of hydrogen-bond acceptors (Lipinski definition) is 4. The Balaban J connectivity index is 1.84. The van der Waals surface area contributed by atoms with Gasteiger partial charge >= 0.3 is 0 Å². The number of aromatic nitrogens is 1. The van der Waals surface area contributed by atoms with Crippen molar-refractivity contribution in [2.75, 3.05) is 14.1 Å². The van der Waals surface area contributed by atoms with Crippen molar-refractivity contribution in [1.29, 1.82) is 0 Å². The van der Waals surface area contributed by atoms with E-state index >= 15 is 0 Å². The summed E-state index contributed by atoms with van der Waals surface area (Å²) in [6.07, 6.45) is 5.34. The monoisotopic (exact) mass is 251 g/mol. The molecule has 0 amide bonds. The molecule has 1 fully saturated rings. The summed E-state index contributed by atoms with van der Waals surface area (Å²) in [6, 6.07) is 2.76. The lowest BCUT2D eigenvalue weighted by molar-refractivity contribution is 0.150. The summed E-state index contributed by atoms with van der Waals surface area (Å²) in [6.45, 7) is 4.00. The number of nitrogens with one attached hydrogen (secondary N) is 1. The summed E-state index contributed by atoms with van der Waals surface area (Å²) in [4.78, 5) is 2.41. The van der Waals surface area contributed by atoms with E-state index in [-0.39, 0.29) is 0 Å². The van der Waals surface area contributed by atoms with E-state index < -0.39 is 0 Å². The van der Waals surface area contributed by atoms with E-state index in [1.807, 2.05) is 7.05 Å². The Morgan fingerprint density at radius 2 is 2.11 bits per heavy atom. The first-order valence-corrected chi connectivity index (χ1v) is 6.98. The summed E-state index contributed by atoms with van der Waals surface area (Å²) in [7, 11) is 4.12. The van der Waals surface area contributed by atoms with Gasteiger partial charge in [0.15, 0.2) is 5.76 Å². The van der Waals surface area contributed by atoms with Crippen molar-refractivity contribution in [1.82, 2.24) is 15.4 Å². The van der Waals surface area contributed by atoms with E-state index in [4.69, 9.17) is 4.52 Å². The zero-order chi connectivity index (χ0) is 13.0. The van der Waals surface area contributed by atoms with Crippen molar-refractivity contribution in [3.8, 4) is 0 Å². The van der Waals surface area contributed by atoms with Gasteiger partial charge in [-0.15, -0.1) is 0 Å². The van der Waals surface area contributed by atoms with Gasteiger partial charge in [0.05, 0.1) is 12.2 Å². The zero-order valence-electron chi connectivity index (χ0n) is 11.8. The summed E-state index contributed by atoms with van der Waals surface area (Å²) >= 11 is 0. The fourth-order valence-electron chi connectivity index (χ4n) is 2.75. The third kappa shape index (κ3) is 3.56. The summed E-state index contributed by atoms with van der Waals surface area (Å²) < 4.78 is 5.37. The first-order valence-electron chi connectivity index (χ1n) is 6.98. The van der Waals surface area contributed by atoms with Gasteiger partial charge in [0, 0.05) is 18.7 Å². The van der Waals surface area contributed by atoms with Crippen LogP contribution in [0.2, 0.25) is 0 Å². The van der Waals surface area contributed by atoms with Crippen LogP contribution >= 0.6 is 0 Å². The number of rotatable bonds is 5. The SMILES string of the molecule is CNCc1cc(CN(C)C2CCC(C)CC2)on1. The normalized spacial score (nSPS) is 24.7. The van der Waals surface area contributed by atoms with Crippen LogP contribution in [0.15, 0.2) is 10.6 Å². The van der Waals surface area contributed by atoms with E-state index in [9.17, 15) is 0 Å². The maximum Gasteiger partial charge on any atom is 0.151 e. The lowest BCUT2D eigenvalue weighted by Crippen LogP contribution is -2.34. The van der Waals surface area contributed by atoms with Gasteiger partial charge in [-0.2, -0.15) is 0 Å². The topological polar surface area (TPSA) is 41.3 Å². The summed E-state index contributed by atoms with van der Waals surface area (Å²) in [5.74, 6) is 1.88. The quantitative estimate of drug-likeness (QED) is 0.872. The van der Waals surface area contributed by atoms with Crippen molar-refractivity contribution in [3.63, 3.8) is 0 Å². The summed E-state index contributed by atoms with van der Waals surface area (Å²) in [5, 5.41) is 7.13. The molecule has 0 atom stereocenters. The molecule has 1 aromatic heterocycles. The van der Waals surface area contributed by atoms with Crippen LogP contribution in [0.25, 0.3) is 0 Å². The van der Waals surface area contributed by atoms with Crippen molar-refractivity contribution in [3.05, 3.63) is 17.5 Å². The van der Waals surface area contributed by atoms with Crippen LogP contribution < -0.4 is 5.32 Å². The molecule has 1 saturated carbocycles. The highest BCUT2D eigenvalue weighted by atomic mass is 16.5. The molecule has 1 aromatic rings. The van der Waals surface area contributed by atoms with Crippen LogP contribution in [0, 0.1) is 5.92 Å². The second kappa shape index (κ2) is 6.34. The van der Waals surface area contributed by atoms with Crippen LogP contribution in [0.1, 0.15) is 44.1 Å². The Hall–Kier alpha value is -0.870. The van der Waals surface area contributed by atoms with Crippen LogP contribution in [-0.2, 0) is 13.1 Å². The molecule has 0 unspecified atom stereocenters. The van der Waals surface area contributed by atoms with Crippen LogP contribution in [0.5, 0.6) is 0 Å². The molecule has 0 saturated heterocycles. The van der Waals surface area contributed by atoms with Gasteiger partial charge in [-0.1, -0.05) is 12.1 Å². The molecule has 1 aliphatic carbocycles. The van der Waals surface area contributed by atoms with Gasteiger partial charge in [-0.25, -0.2) is 0 Å². The molecular formula is C14H25N3O. The Bertz CT molecular complexity index is 356. The van der Waals surface area contributed by atoms with Crippen molar-refractivity contribution < 1.29 is 4.52 Å². The van der Waals surface area contributed by atoms with Gasteiger partial charge < -0.3 is 9.84 Å². The van der Waals surface area contributed by atoms with Crippen LogP contribution in [0.3, 0.4) is 0 Å². The second-order valence-corrected chi connectivity index (χ2v) is 5.64. The fraction of sp³-hybridized carbons (Fsp3) is 0.786. The highest BCUT2D eigenvalue weighted by molar-refractivity contribution is 5.05. The first-order chi connectivity index (χ1) is 8.69. The minimum absolute atomic E-state index is 0.707. The molecule has 0 spiro atoms. The standard InChI is InChI=1S/C14H25N3O/c1-11-4-6-13(7-5-11)17(3)10-14-8-12(9-15-2)16-18-14/h8,11,13,15H,4-7,9-10H2,1-3H3. The third-order valence-electron chi connectivity index (χ3n) is 3.98. The maximum atomic E-state index is 5.37. The lowest BCUT2D eigenvalue weighted by Gasteiger charge is -2.32. The van der Waals surface area contributed by atoms with Crippen molar-refractivity contribution in [2.24, 2.45) is 5.92 Å². The van der Waals surface area contributed by atoms with E-state index in [0.717, 1.165) is 30.5 Å². The Kier molecular flexibility index (Phi) is 4.78. The first kappa shape index (κ1) is 13.6. The Morgan fingerprint density at radius 1 is 1.39 bits per heavy atom. The number of nitrogens with zero attached hydrogens (tertiary/aromatic N) is 2. The second-order valence-electron chi connectivity index (χ2n) is 5.64. The maximum absolute atomic E-state index is 5.37. The third-order valence-corrected chi connectivity index (χ3v) is 3.98. The van der Waals surface area contributed by atoms with Crippen molar-refractivity contribution in [2.45, 2.75) is 51.7 Å². The minimum atomic E-state index is 0.707. The molecule has 4 nitrogen and oxygen atoms in total. The molecule has 18 heavy (non-hydrogen) atoms. The molecule has 102 valence electrons. The van der Waals surface area contributed by atoms with Gasteiger partial charge in [-0.05, 0) is 45.7 Å². The molecule has 1 aliphatic rings. The molecule has 0 bridgehead atoms. The Morgan fingerprint density at radius 3 is 2.78 bits per heavy atom.